The van der Waals surface area contributed by atoms with Gasteiger partial charge in [-0.05, 0) is 22.4 Å². The minimum atomic E-state index is 0.573. The zero-order chi connectivity index (χ0) is 10.4. The maximum atomic E-state index is 5.30. The Hall–Kier alpha value is -1.08. The molecule has 0 saturated heterocycles. The molecule has 3 nitrogen and oxygen atoms in total. The van der Waals surface area contributed by atoms with Gasteiger partial charge in [-0.25, -0.2) is 9.97 Å². The quantitative estimate of drug-likeness (QED) is 0.770. The summed E-state index contributed by atoms with van der Waals surface area (Å²) in [5, 5.41) is 0. The molecule has 0 aromatic carbocycles. The summed E-state index contributed by atoms with van der Waals surface area (Å²) in [6, 6.07) is 0. The molecule has 4 heteroatoms. The van der Waals surface area contributed by atoms with E-state index in [1.807, 2.05) is 4.90 Å². The third-order valence-corrected chi connectivity index (χ3v) is 2.28. The Morgan fingerprint density at radius 1 is 1.64 bits per heavy atom. The highest BCUT2D eigenvalue weighted by Crippen LogP contribution is 2.21. The normalized spacial score (nSPS) is 9.50. The first-order valence-electron chi connectivity index (χ1n) is 4.43. The summed E-state index contributed by atoms with van der Waals surface area (Å²) in [6.45, 7) is 3.59. The number of anilines is 1. The third-order valence-electron chi connectivity index (χ3n) is 1.72. The van der Waals surface area contributed by atoms with Gasteiger partial charge in [-0.1, -0.05) is 12.8 Å². The van der Waals surface area contributed by atoms with Crippen molar-refractivity contribution in [2.75, 3.05) is 18.0 Å². The van der Waals surface area contributed by atoms with E-state index in [1.165, 1.54) is 6.33 Å². The van der Waals surface area contributed by atoms with Gasteiger partial charge in [0.25, 0.3) is 0 Å². The molecule has 0 atom stereocenters. The van der Waals surface area contributed by atoms with E-state index < -0.39 is 0 Å². The molecule has 0 aliphatic carbocycles. The van der Waals surface area contributed by atoms with Crippen LogP contribution in [0.25, 0.3) is 0 Å². The maximum absolute atomic E-state index is 5.30. The fourth-order valence-corrected chi connectivity index (χ4v) is 1.65. The Balaban J connectivity index is 2.88. The van der Waals surface area contributed by atoms with Crippen LogP contribution in [0.5, 0.6) is 0 Å². The predicted octanol–water partition coefficient (Wildman–Crippen LogP) is 2.09. The summed E-state index contributed by atoms with van der Waals surface area (Å²) in [7, 11) is 0. The van der Waals surface area contributed by atoms with Crippen LogP contribution in [0, 0.1) is 12.3 Å². The van der Waals surface area contributed by atoms with E-state index in [9.17, 15) is 0 Å². The van der Waals surface area contributed by atoms with E-state index in [0.717, 1.165) is 23.3 Å². The van der Waals surface area contributed by atoms with Crippen molar-refractivity contribution >= 4 is 21.7 Å². The first-order chi connectivity index (χ1) is 6.79. The molecule has 0 bridgehead atoms. The van der Waals surface area contributed by atoms with E-state index >= 15 is 0 Å². The molecule has 0 saturated carbocycles. The molecule has 0 aliphatic heterocycles. The highest BCUT2D eigenvalue weighted by molar-refractivity contribution is 9.10. The number of hydrogen-bond donors (Lipinski definition) is 0. The van der Waals surface area contributed by atoms with Crippen molar-refractivity contribution in [3.63, 3.8) is 0 Å². The maximum Gasteiger partial charge on any atom is 0.147 e. The predicted molar refractivity (Wildman–Crippen MR) is 61.1 cm³/mol. The van der Waals surface area contributed by atoms with E-state index in [4.69, 9.17) is 6.42 Å². The first kappa shape index (κ1) is 11.0. The Morgan fingerprint density at radius 3 is 3.00 bits per heavy atom. The standard InChI is InChI=1S/C10H12BrN3/c1-3-5-14(6-4-2)10-9(11)7-12-8-13-10/h1,7-8H,4-6H2,2H3. The highest BCUT2D eigenvalue weighted by atomic mass is 79.9. The topological polar surface area (TPSA) is 29.0 Å². The zero-order valence-corrected chi connectivity index (χ0v) is 9.66. The first-order valence-corrected chi connectivity index (χ1v) is 5.22. The minimum Gasteiger partial charge on any atom is -0.344 e. The van der Waals surface area contributed by atoms with Crippen molar-refractivity contribution in [2.45, 2.75) is 13.3 Å². The van der Waals surface area contributed by atoms with Gasteiger partial charge < -0.3 is 4.90 Å². The lowest BCUT2D eigenvalue weighted by atomic mass is 10.4. The lowest BCUT2D eigenvalue weighted by Gasteiger charge is -2.20. The van der Waals surface area contributed by atoms with Crippen molar-refractivity contribution in [1.82, 2.24) is 9.97 Å². The number of terminal acetylenes is 1. The number of nitrogens with zero attached hydrogens (tertiary/aromatic N) is 3. The SMILES string of the molecule is C#CCN(CCC)c1ncncc1Br. The average molecular weight is 254 g/mol. The van der Waals surface area contributed by atoms with Gasteiger partial charge in [0.05, 0.1) is 11.0 Å². The number of aromatic nitrogens is 2. The largest absolute Gasteiger partial charge is 0.344 e. The van der Waals surface area contributed by atoms with Crippen LogP contribution < -0.4 is 4.90 Å². The van der Waals surface area contributed by atoms with Crippen LogP contribution in [0.4, 0.5) is 5.82 Å². The van der Waals surface area contributed by atoms with Gasteiger partial charge in [-0.15, -0.1) is 6.42 Å². The lowest BCUT2D eigenvalue weighted by Crippen LogP contribution is -2.25. The van der Waals surface area contributed by atoms with E-state index in [0.29, 0.717) is 6.54 Å². The van der Waals surface area contributed by atoms with Crippen molar-refractivity contribution in [2.24, 2.45) is 0 Å². The van der Waals surface area contributed by atoms with Crippen LogP contribution in [0.15, 0.2) is 17.0 Å². The average Bonchev–Trinajstić information content (AvgIpc) is 2.18. The molecule has 0 unspecified atom stereocenters. The third kappa shape index (κ3) is 2.71. The van der Waals surface area contributed by atoms with Gasteiger partial charge in [0.1, 0.15) is 12.1 Å². The second-order valence-corrected chi connectivity index (χ2v) is 3.67. The second-order valence-electron chi connectivity index (χ2n) is 2.82. The van der Waals surface area contributed by atoms with Crippen LogP contribution in [-0.4, -0.2) is 23.1 Å². The van der Waals surface area contributed by atoms with Crippen molar-refractivity contribution < 1.29 is 0 Å². The fourth-order valence-electron chi connectivity index (χ4n) is 1.18. The van der Waals surface area contributed by atoms with Gasteiger partial charge in [0, 0.05) is 12.7 Å². The van der Waals surface area contributed by atoms with Crippen LogP contribution in [-0.2, 0) is 0 Å². The zero-order valence-electron chi connectivity index (χ0n) is 8.07. The van der Waals surface area contributed by atoms with E-state index in [-0.39, 0.29) is 0 Å². The molecular formula is C10H12BrN3. The van der Waals surface area contributed by atoms with Crippen LogP contribution in [0.2, 0.25) is 0 Å². The molecule has 1 aromatic heterocycles. The van der Waals surface area contributed by atoms with Gasteiger partial charge in [0.15, 0.2) is 0 Å². The number of rotatable bonds is 4. The lowest BCUT2D eigenvalue weighted by molar-refractivity contribution is 0.803. The van der Waals surface area contributed by atoms with Crippen molar-refractivity contribution in [3.05, 3.63) is 17.0 Å². The fraction of sp³-hybridized carbons (Fsp3) is 0.400. The monoisotopic (exact) mass is 253 g/mol. The second kappa shape index (κ2) is 5.61. The summed E-state index contributed by atoms with van der Waals surface area (Å²) in [5.74, 6) is 3.48. The Morgan fingerprint density at radius 2 is 2.43 bits per heavy atom. The molecule has 74 valence electrons. The van der Waals surface area contributed by atoms with Crippen molar-refractivity contribution in [3.8, 4) is 12.3 Å². The van der Waals surface area contributed by atoms with Crippen LogP contribution in [0.1, 0.15) is 13.3 Å². The van der Waals surface area contributed by atoms with E-state index in [1.54, 1.807) is 6.20 Å². The van der Waals surface area contributed by atoms with Gasteiger partial charge in [-0.2, -0.15) is 0 Å². The van der Waals surface area contributed by atoms with Gasteiger partial charge >= 0.3 is 0 Å². The van der Waals surface area contributed by atoms with Gasteiger partial charge in [-0.3, -0.25) is 0 Å². The summed E-state index contributed by atoms with van der Waals surface area (Å²) in [6.07, 6.45) is 9.59. The molecule has 0 fully saturated rings. The molecule has 0 spiro atoms. The summed E-state index contributed by atoms with van der Waals surface area (Å²) in [5.41, 5.74) is 0. The summed E-state index contributed by atoms with van der Waals surface area (Å²) < 4.78 is 0.878. The van der Waals surface area contributed by atoms with Crippen LogP contribution in [0.3, 0.4) is 0 Å². The molecule has 0 N–H and O–H groups in total. The Kier molecular flexibility index (Phi) is 4.41. The molecule has 1 aromatic rings. The van der Waals surface area contributed by atoms with Gasteiger partial charge in [0.2, 0.25) is 0 Å². The number of hydrogen-bond acceptors (Lipinski definition) is 3. The smallest absolute Gasteiger partial charge is 0.147 e. The van der Waals surface area contributed by atoms with Crippen molar-refractivity contribution in [1.29, 1.82) is 0 Å². The molecule has 1 heterocycles. The van der Waals surface area contributed by atoms with Crippen LogP contribution >= 0.6 is 15.9 Å². The molecular weight excluding hydrogens is 242 g/mol. The number of halogens is 1. The minimum absolute atomic E-state index is 0.573. The highest BCUT2D eigenvalue weighted by Gasteiger charge is 2.08. The summed E-state index contributed by atoms with van der Waals surface area (Å²) in [4.78, 5) is 10.1. The Labute approximate surface area is 92.7 Å². The molecule has 1 rings (SSSR count). The molecule has 0 aliphatic rings. The summed E-state index contributed by atoms with van der Waals surface area (Å²) >= 11 is 3.40. The molecule has 14 heavy (non-hydrogen) atoms. The molecule has 0 radical (unpaired) electrons. The molecule has 0 amide bonds. The Bertz CT molecular complexity index is 332. The van der Waals surface area contributed by atoms with E-state index in [2.05, 4.69) is 38.7 Å².